The summed E-state index contributed by atoms with van der Waals surface area (Å²) in [4.78, 5) is 16.1. The summed E-state index contributed by atoms with van der Waals surface area (Å²) in [6, 6.07) is 11.2. The number of amides is 1. The maximum Gasteiger partial charge on any atom is 0.264 e. The van der Waals surface area contributed by atoms with Gasteiger partial charge in [-0.25, -0.2) is 18.1 Å². The molecule has 8 heteroatoms. The fourth-order valence-electron chi connectivity index (χ4n) is 2.04. The number of fused-ring (bicyclic) bond motifs is 1. The first kappa shape index (κ1) is 15.9. The summed E-state index contributed by atoms with van der Waals surface area (Å²) in [7, 11) is -3.90. The van der Waals surface area contributed by atoms with Gasteiger partial charge in [0.25, 0.3) is 10.0 Å². The molecule has 1 aromatic heterocycles. The highest BCUT2D eigenvalue weighted by Gasteiger charge is 2.18. The molecule has 0 aliphatic heterocycles. The van der Waals surface area contributed by atoms with Crippen molar-refractivity contribution in [3.05, 3.63) is 58.6 Å². The van der Waals surface area contributed by atoms with Gasteiger partial charge in [-0.1, -0.05) is 23.7 Å². The van der Waals surface area contributed by atoms with Crippen LogP contribution in [-0.4, -0.2) is 19.3 Å². The molecule has 0 aliphatic carbocycles. The van der Waals surface area contributed by atoms with Crippen molar-refractivity contribution in [3.63, 3.8) is 0 Å². The van der Waals surface area contributed by atoms with E-state index in [1.54, 1.807) is 35.8 Å². The topological polar surface area (TPSA) is 76.1 Å². The number of benzene rings is 2. The Morgan fingerprint density at radius 2 is 1.91 bits per heavy atom. The normalized spacial score (nSPS) is 11.5. The number of sulfonamides is 1. The van der Waals surface area contributed by atoms with Crippen molar-refractivity contribution in [2.24, 2.45) is 0 Å². The molecule has 0 atom stereocenters. The summed E-state index contributed by atoms with van der Waals surface area (Å²) in [5.41, 5.74) is 3.04. The van der Waals surface area contributed by atoms with Crippen molar-refractivity contribution < 1.29 is 13.2 Å². The second-order valence-corrected chi connectivity index (χ2v) is 7.82. The van der Waals surface area contributed by atoms with Crippen LogP contribution in [0.15, 0.2) is 52.9 Å². The van der Waals surface area contributed by atoms with Crippen molar-refractivity contribution in [2.45, 2.75) is 11.3 Å². The van der Waals surface area contributed by atoms with E-state index in [0.29, 0.717) is 10.6 Å². The molecule has 5 nitrogen and oxygen atoms in total. The third kappa shape index (κ3) is 3.69. The minimum absolute atomic E-state index is 0.0405. The molecular formula is C15H11ClN2O3S2. The van der Waals surface area contributed by atoms with Crippen molar-refractivity contribution in [3.8, 4) is 0 Å². The lowest BCUT2D eigenvalue weighted by atomic mass is 10.1. The number of rotatable bonds is 4. The van der Waals surface area contributed by atoms with E-state index < -0.39 is 15.9 Å². The Balaban J connectivity index is 1.77. The minimum Gasteiger partial charge on any atom is -0.274 e. The Morgan fingerprint density at radius 3 is 2.65 bits per heavy atom. The van der Waals surface area contributed by atoms with Crippen LogP contribution < -0.4 is 4.72 Å². The van der Waals surface area contributed by atoms with Crippen LogP contribution in [0.2, 0.25) is 5.02 Å². The van der Waals surface area contributed by atoms with Crippen LogP contribution in [0.1, 0.15) is 5.56 Å². The summed E-state index contributed by atoms with van der Waals surface area (Å²) in [5, 5.41) is 0.555. The summed E-state index contributed by atoms with van der Waals surface area (Å²) in [6.45, 7) is 0. The Hall–Kier alpha value is -1.96. The van der Waals surface area contributed by atoms with Crippen molar-refractivity contribution in [2.75, 3.05) is 0 Å². The smallest absolute Gasteiger partial charge is 0.264 e. The predicted octanol–water partition coefficient (Wildman–Crippen LogP) is 3.00. The van der Waals surface area contributed by atoms with E-state index in [-0.39, 0.29) is 11.3 Å². The van der Waals surface area contributed by atoms with Gasteiger partial charge in [0, 0.05) is 5.02 Å². The molecule has 0 bridgehead atoms. The first-order valence-electron chi connectivity index (χ1n) is 6.57. The van der Waals surface area contributed by atoms with Crippen molar-refractivity contribution >= 4 is 49.1 Å². The first-order chi connectivity index (χ1) is 10.9. The van der Waals surface area contributed by atoms with Gasteiger partial charge in [-0.15, -0.1) is 11.3 Å². The van der Waals surface area contributed by atoms with E-state index in [9.17, 15) is 13.2 Å². The highest BCUT2D eigenvalue weighted by molar-refractivity contribution is 7.90. The van der Waals surface area contributed by atoms with E-state index in [2.05, 4.69) is 9.71 Å². The number of carbonyl (C=O) groups is 1. The van der Waals surface area contributed by atoms with Gasteiger partial charge < -0.3 is 0 Å². The minimum atomic E-state index is -3.90. The Kier molecular flexibility index (Phi) is 4.34. The number of carbonyl (C=O) groups excluding carboxylic acids is 1. The lowest BCUT2D eigenvalue weighted by molar-refractivity contribution is -0.118. The van der Waals surface area contributed by atoms with E-state index in [1.165, 1.54) is 23.5 Å². The Bertz CT molecular complexity index is 966. The van der Waals surface area contributed by atoms with E-state index >= 15 is 0 Å². The summed E-state index contributed by atoms with van der Waals surface area (Å²) in [5.74, 6) is -0.600. The predicted molar refractivity (Wildman–Crippen MR) is 90.1 cm³/mol. The maximum atomic E-state index is 12.3. The van der Waals surface area contributed by atoms with Gasteiger partial charge in [0.15, 0.2) is 0 Å². The van der Waals surface area contributed by atoms with Crippen LogP contribution in [0.25, 0.3) is 10.2 Å². The van der Waals surface area contributed by atoms with Crippen LogP contribution >= 0.6 is 22.9 Å². The zero-order valence-electron chi connectivity index (χ0n) is 11.7. The number of nitrogens with zero attached hydrogens (tertiary/aromatic N) is 1. The Morgan fingerprint density at radius 1 is 1.17 bits per heavy atom. The summed E-state index contributed by atoms with van der Waals surface area (Å²) in [6.07, 6.45) is -0.0425. The molecular weight excluding hydrogens is 356 g/mol. The van der Waals surface area contributed by atoms with Crippen LogP contribution in [-0.2, 0) is 21.2 Å². The van der Waals surface area contributed by atoms with Gasteiger partial charge in [-0.2, -0.15) is 0 Å². The molecule has 0 fully saturated rings. The molecule has 23 heavy (non-hydrogen) atoms. The largest absolute Gasteiger partial charge is 0.274 e. The number of hydrogen-bond acceptors (Lipinski definition) is 5. The highest BCUT2D eigenvalue weighted by Crippen LogP contribution is 2.21. The van der Waals surface area contributed by atoms with Gasteiger partial charge >= 0.3 is 0 Å². The lowest BCUT2D eigenvalue weighted by Crippen LogP contribution is -2.31. The molecule has 1 amide bonds. The molecule has 0 saturated heterocycles. The number of hydrogen-bond donors (Lipinski definition) is 1. The molecule has 1 N–H and O–H groups in total. The fraction of sp³-hybridized carbons (Fsp3) is 0.0667. The van der Waals surface area contributed by atoms with Gasteiger partial charge in [0.1, 0.15) is 0 Å². The average molecular weight is 367 g/mol. The number of thiazole rings is 1. The lowest BCUT2D eigenvalue weighted by Gasteiger charge is -2.07. The third-order valence-electron chi connectivity index (χ3n) is 3.14. The average Bonchev–Trinajstić information content (AvgIpc) is 2.96. The van der Waals surface area contributed by atoms with Gasteiger partial charge in [-0.3, -0.25) is 4.79 Å². The SMILES string of the molecule is O=C(Cc1ccc(Cl)cc1)NS(=O)(=O)c1ccc2ncsc2c1. The zero-order valence-corrected chi connectivity index (χ0v) is 14.1. The van der Waals surface area contributed by atoms with Crippen LogP contribution in [0.3, 0.4) is 0 Å². The molecule has 0 spiro atoms. The molecule has 0 unspecified atom stereocenters. The molecule has 0 aliphatic rings. The highest BCUT2D eigenvalue weighted by atomic mass is 35.5. The molecule has 0 radical (unpaired) electrons. The van der Waals surface area contributed by atoms with Crippen molar-refractivity contribution in [1.82, 2.24) is 9.71 Å². The second kappa shape index (κ2) is 6.27. The van der Waals surface area contributed by atoms with E-state index in [0.717, 1.165) is 10.2 Å². The molecule has 118 valence electrons. The first-order valence-corrected chi connectivity index (χ1v) is 9.31. The van der Waals surface area contributed by atoms with Crippen LogP contribution in [0, 0.1) is 0 Å². The monoisotopic (exact) mass is 366 g/mol. The van der Waals surface area contributed by atoms with Gasteiger partial charge in [-0.05, 0) is 35.9 Å². The third-order valence-corrected chi connectivity index (χ3v) is 5.55. The zero-order chi connectivity index (χ0) is 16.4. The Labute approximate surface area is 142 Å². The fourth-order valence-corrected chi connectivity index (χ4v) is 3.96. The summed E-state index contributed by atoms with van der Waals surface area (Å²) >= 11 is 7.11. The molecule has 3 aromatic rings. The maximum absolute atomic E-state index is 12.3. The van der Waals surface area contributed by atoms with E-state index in [4.69, 9.17) is 11.6 Å². The number of halogens is 1. The quantitative estimate of drug-likeness (QED) is 0.770. The number of nitrogens with one attached hydrogen (secondary N) is 1. The number of aromatic nitrogens is 1. The van der Waals surface area contributed by atoms with Crippen LogP contribution in [0.4, 0.5) is 0 Å². The molecule has 0 saturated carbocycles. The van der Waals surface area contributed by atoms with Gasteiger partial charge in [0.05, 0.1) is 27.0 Å². The summed E-state index contributed by atoms with van der Waals surface area (Å²) < 4.78 is 27.4. The van der Waals surface area contributed by atoms with Crippen molar-refractivity contribution in [1.29, 1.82) is 0 Å². The molecule has 3 rings (SSSR count). The second-order valence-electron chi connectivity index (χ2n) is 4.81. The molecule has 1 heterocycles. The molecule has 2 aromatic carbocycles. The van der Waals surface area contributed by atoms with Crippen LogP contribution in [0.5, 0.6) is 0 Å². The van der Waals surface area contributed by atoms with Gasteiger partial charge in [0.2, 0.25) is 5.91 Å². The van der Waals surface area contributed by atoms with E-state index in [1.807, 2.05) is 0 Å². The standard InChI is InChI=1S/C15H11ClN2O3S2/c16-11-3-1-10(2-4-11)7-15(19)18-23(20,21)12-5-6-13-14(8-12)22-9-17-13/h1-6,8-9H,7H2,(H,18,19).